The third-order valence-electron chi connectivity index (χ3n) is 11.1. The molecule has 0 amide bonds. The number of rotatable bonds is 4. The smallest absolute Gasteiger partial charge is 0.100 e. The van der Waals surface area contributed by atoms with Crippen LogP contribution in [0.2, 0.25) is 0 Å². The van der Waals surface area contributed by atoms with Crippen molar-refractivity contribution in [2.75, 3.05) is 0 Å². The van der Waals surface area contributed by atoms with Crippen LogP contribution in [-0.4, -0.2) is 4.57 Å². The zero-order valence-corrected chi connectivity index (χ0v) is 29.6. The Kier molecular flexibility index (Phi) is 7.21. The molecule has 1 unspecified atom stereocenters. The van der Waals surface area contributed by atoms with Crippen LogP contribution in [0.5, 0.6) is 0 Å². The summed E-state index contributed by atoms with van der Waals surface area (Å²) in [5.74, 6) is -0.0145. The minimum atomic E-state index is -0.0145. The average Bonchev–Trinajstić information content (AvgIpc) is 3.67. The number of nitrogens with zero attached hydrogens (tertiary/aromatic N) is 3. The maximum absolute atomic E-state index is 11.2. The minimum absolute atomic E-state index is 0.0145. The second-order valence-corrected chi connectivity index (χ2v) is 14.1. The highest BCUT2D eigenvalue weighted by molar-refractivity contribution is 6.14. The molecule has 0 aliphatic heterocycles. The van der Waals surface area contributed by atoms with Gasteiger partial charge in [0, 0.05) is 33.4 Å². The van der Waals surface area contributed by atoms with Gasteiger partial charge in [-0.1, -0.05) is 115 Å². The van der Waals surface area contributed by atoms with Gasteiger partial charge in [0.05, 0.1) is 33.9 Å². The van der Waals surface area contributed by atoms with Crippen molar-refractivity contribution in [3.8, 4) is 51.2 Å². The van der Waals surface area contributed by atoms with Crippen molar-refractivity contribution in [2.24, 2.45) is 0 Å². The maximum Gasteiger partial charge on any atom is 0.100 e. The van der Waals surface area contributed by atoms with Gasteiger partial charge in [0.15, 0.2) is 0 Å². The molecule has 0 bridgehead atoms. The van der Waals surface area contributed by atoms with Crippen LogP contribution in [0.25, 0.3) is 60.9 Å². The van der Waals surface area contributed by atoms with Gasteiger partial charge in [-0.05, 0) is 102 Å². The van der Waals surface area contributed by atoms with Gasteiger partial charge in [0.25, 0.3) is 0 Å². The predicted molar refractivity (Wildman–Crippen MR) is 213 cm³/mol. The second-order valence-electron chi connectivity index (χ2n) is 14.1. The van der Waals surface area contributed by atoms with Gasteiger partial charge in [-0.3, -0.25) is 0 Å². The molecule has 1 aromatic heterocycles. The molecule has 0 spiro atoms. The van der Waals surface area contributed by atoms with Crippen LogP contribution < -0.4 is 0 Å². The molecular formula is C49H35N3. The van der Waals surface area contributed by atoms with Crippen molar-refractivity contribution in [3.05, 3.63) is 184 Å². The highest BCUT2D eigenvalue weighted by Crippen LogP contribution is 2.53. The molecule has 246 valence electrons. The van der Waals surface area contributed by atoms with Crippen molar-refractivity contribution in [3.63, 3.8) is 0 Å². The number of benzene rings is 7. The number of fused-ring (bicyclic) bond motifs is 6. The first kappa shape index (κ1) is 31.3. The molecule has 0 saturated carbocycles. The Hall–Kier alpha value is -6.68. The standard InChI is InChI=1S/C49H35N3/c1-29-13-9-14-30(2)45(29)47-37-19-6-5-17-34(37)36-20-11-21-38(46(36)47)41-25-33(27-50)26-42(43(41)28-51)40-23-12-22-39-35-18-7-8-24-44(35)52(49(39)40)48-31(3)15-10-16-32(48)4/h5-26,47H,1-4H3. The normalized spacial score (nSPS) is 13.2. The zero-order chi connectivity index (χ0) is 35.7. The van der Waals surface area contributed by atoms with Crippen LogP contribution in [0.4, 0.5) is 0 Å². The van der Waals surface area contributed by atoms with E-state index >= 15 is 0 Å². The summed E-state index contributed by atoms with van der Waals surface area (Å²) in [6, 6.07) is 51.9. The van der Waals surface area contributed by atoms with Crippen LogP contribution in [0.3, 0.4) is 0 Å². The predicted octanol–water partition coefficient (Wildman–Crippen LogP) is 12.3. The quantitative estimate of drug-likeness (QED) is 0.188. The first-order chi connectivity index (χ1) is 25.4. The van der Waals surface area contributed by atoms with Gasteiger partial charge in [-0.2, -0.15) is 10.5 Å². The fraction of sp³-hybridized carbons (Fsp3) is 0.102. The Labute approximate surface area is 304 Å². The van der Waals surface area contributed by atoms with Crippen molar-refractivity contribution in [1.82, 2.24) is 4.57 Å². The molecule has 8 aromatic rings. The van der Waals surface area contributed by atoms with E-state index in [4.69, 9.17) is 0 Å². The average molecular weight is 666 g/mol. The van der Waals surface area contributed by atoms with Gasteiger partial charge in [-0.15, -0.1) is 0 Å². The Morgan fingerprint density at radius 1 is 0.481 bits per heavy atom. The molecule has 0 saturated heterocycles. The Balaban J connectivity index is 1.39. The van der Waals surface area contributed by atoms with Gasteiger partial charge in [0.1, 0.15) is 6.07 Å². The van der Waals surface area contributed by atoms with Crippen LogP contribution in [0.1, 0.15) is 56.0 Å². The SMILES string of the molecule is Cc1cccc(C)c1C1c2ccccc2-c2cccc(-c3cc(C#N)cc(-c4cccc5c6ccccc6n(-c6c(C)cccc6C)c45)c3C#N)c21. The highest BCUT2D eigenvalue weighted by atomic mass is 15.0. The number of nitriles is 2. The maximum atomic E-state index is 11.2. The Morgan fingerprint density at radius 3 is 1.73 bits per heavy atom. The summed E-state index contributed by atoms with van der Waals surface area (Å²) in [7, 11) is 0. The molecule has 0 fully saturated rings. The third kappa shape index (κ3) is 4.50. The molecule has 3 nitrogen and oxygen atoms in total. The summed E-state index contributed by atoms with van der Waals surface area (Å²) >= 11 is 0. The molecule has 52 heavy (non-hydrogen) atoms. The second kappa shape index (κ2) is 12.0. The third-order valence-corrected chi connectivity index (χ3v) is 11.1. The number of aryl methyl sites for hydroxylation is 4. The van der Waals surface area contributed by atoms with Gasteiger partial charge in [0.2, 0.25) is 0 Å². The van der Waals surface area contributed by atoms with Crippen molar-refractivity contribution < 1.29 is 0 Å². The molecule has 9 rings (SSSR count). The van der Waals surface area contributed by atoms with E-state index < -0.39 is 0 Å². The zero-order valence-electron chi connectivity index (χ0n) is 29.6. The Morgan fingerprint density at radius 2 is 1.02 bits per heavy atom. The molecular weight excluding hydrogens is 631 g/mol. The van der Waals surface area contributed by atoms with Crippen LogP contribution in [0, 0.1) is 50.4 Å². The molecule has 1 heterocycles. The van der Waals surface area contributed by atoms with Crippen molar-refractivity contribution in [1.29, 1.82) is 10.5 Å². The van der Waals surface area contributed by atoms with Gasteiger partial charge in [-0.25, -0.2) is 0 Å². The van der Waals surface area contributed by atoms with E-state index in [1.54, 1.807) is 0 Å². The summed E-state index contributed by atoms with van der Waals surface area (Å²) in [5.41, 5.74) is 18.7. The van der Waals surface area contributed by atoms with E-state index in [1.807, 2.05) is 12.1 Å². The largest absolute Gasteiger partial charge is 0.308 e. The first-order valence-corrected chi connectivity index (χ1v) is 17.8. The summed E-state index contributed by atoms with van der Waals surface area (Å²) in [6.07, 6.45) is 0. The Bertz CT molecular complexity index is 2830. The van der Waals surface area contributed by atoms with Crippen molar-refractivity contribution in [2.45, 2.75) is 33.6 Å². The summed E-state index contributed by atoms with van der Waals surface area (Å²) in [5, 5.41) is 24.1. The van der Waals surface area contributed by atoms with Gasteiger partial charge < -0.3 is 4.57 Å². The number of hydrogen-bond donors (Lipinski definition) is 0. The monoisotopic (exact) mass is 665 g/mol. The molecule has 0 radical (unpaired) electrons. The molecule has 7 aromatic carbocycles. The number of aromatic nitrogens is 1. The number of para-hydroxylation sites is 3. The lowest BCUT2D eigenvalue weighted by atomic mass is 9.80. The fourth-order valence-corrected chi connectivity index (χ4v) is 8.96. The van der Waals surface area contributed by atoms with E-state index in [0.717, 1.165) is 49.7 Å². The molecule has 1 aliphatic carbocycles. The molecule has 3 heteroatoms. The van der Waals surface area contributed by atoms with E-state index in [9.17, 15) is 10.5 Å². The van der Waals surface area contributed by atoms with E-state index in [0.29, 0.717) is 11.1 Å². The van der Waals surface area contributed by atoms with Gasteiger partial charge >= 0.3 is 0 Å². The molecule has 1 atom stereocenters. The minimum Gasteiger partial charge on any atom is -0.308 e. The van der Waals surface area contributed by atoms with E-state index in [2.05, 4.69) is 166 Å². The molecule has 0 N–H and O–H groups in total. The highest BCUT2D eigenvalue weighted by Gasteiger charge is 2.35. The topological polar surface area (TPSA) is 52.5 Å². The van der Waals surface area contributed by atoms with Crippen LogP contribution in [-0.2, 0) is 0 Å². The first-order valence-electron chi connectivity index (χ1n) is 17.8. The molecule has 1 aliphatic rings. The summed E-state index contributed by atoms with van der Waals surface area (Å²) in [6.45, 7) is 8.69. The van der Waals surface area contributed by atoms with Crippen molar-refractivity contribution >= 4 is 21.8 Å². The van der Waals surface area contributed by atoms with E-state index in [1.165, 1.54) is 50.1 Å². The lowest BCUT2D eigenvalue weighted by Gasteiger charge is -2.23. The van der Waals surface area contributed by atoms with Crippen LogP contribution >= 0.6 is 0 Å². The lowest BCUT2D eigenvalue weighted by Crippen LogP contribution is -2.06. The van der Waals surface area contributed by atoms with Crippen LogP contribution in [0.15, 0.2) is 133 Å². The summed E-state index contributed by atoms with van der Waals surface area (Å²) in [4.78, 5) is 0. The summed E-state index contributed by atoms with van der Waals surface area (Å²) < 4.78 is 2.36. The van der Waals surface area contributed by atoms with E-state index in [-0.39, 0.29) is 5.92 Å². The lowest BCUT2D eigenvalue weighted by molar-refractivity contribution is 0.980. The number of hydrogen-bond acceptors (Lipinski definition) is 2. The fourth-order valence-electron chi connectivity index (χ4n) is 8.96.